The van der Waals surface area contributed by atoms with Gasteiger partial charge in [0.1, 0.15) is 22.9 Å². The number of aromatic carboxylic acids is 1. The van der Waals surface area contributed by atoms with E-state index in [0.717, 1.165) is 18.4 Å². The molecule has 27 heavy (non-hydrogen) atoms. The van der Waals surface area contributed by atoms with E-state index in [1.807, 2.05) is 6.07 Å². The molecule has 2 rings (SSSR count). The molecule has 3 nitrogen and oxygen atoms in total. The largest absolute Gasteiger partial charge is 0.478 e. The van der Waals surface area contributed by atoms with Gasteiger partial charge in [-0.2, -0.15) is 0 Å². The molecule has 0 amide bonds. The van der Waals surface area contributed by atoms with E-state index in [4.69, 9.17) is 4.74 Å². The summed E-state index contributed by atoms with van der Waals surface area (Å²) in [5, 5.41) is 9.55. The van der Waals surface area contributed by atoms with Gasteiger partial charge in [-0.05, 0) is 54.3 Å². The first-order valence-corrected chi connectivity index (χ1v) is 9.82. The van der Waals surface area contributed by atoms with Crippen molar-refractivity contribution >= 4 is 5.97 Å². The number of halogens is 1. The molecule has 4 heteroatoms. The quantitative estimate of drug-likeness (QED) is 0.425. The molecule has 1 atom stereocenters. The van der Waals surface area contributed by atoms with E-state index in [-0.39, 0.29) is 17.1 Å². The van der Waals surface area contributed by atoms with Crippen molar-refractivity contribution in [1.82, 2.24) is 0 Å². The summed E-state index contributed by atoms with van der Waals surface area (Å²) < 4.78 is 18.7. The number of hydrogen-bond acceptors (Lipinski definition) is 2. The Hall–Kier alpha value is -2.36. The summed E-state index contributed by atoms with van der Waals surface area (Å²) in [6.07, 6.45) is 8.54. The maximum Gasteiger partial charge on any atom is 0.339 e. The Morgan fingerprint density at radius 3 is 2.37 bits per heavy atom. The molecule has 0 aliphatic heterocycles. The molecule has 0 spiro atoms. The second-order valence-corrected chi connectivity index (χ2v) is 7.07. The van der Waals surface area contributed by atoms with Crippen LogP contribution >= 0.6 is 0 Å². The van der Waals surface area contributed by atoms with E-state index in [0.29, 0.717) is 11.7 Å². The van der Waals surface area contributed by atoms with Gasteiger partial charge < -0.3 is 9.84 Å². The van der Waals surface area contributed by atoms with Crippen molar-refractivity contribution in [3.63, 3.8) is 0 Å². The highest BCUT2D eigenvalue weighted by Crippen LogP contribution is 2.30. The fraction of sp³-hybridized carbons (Fsp3) is 0.435. The van der Waals surface area contributed by atoms with Crippen molar-refractivity contribution in [2.24, 2.45) is 0 Å². The SMILES string of the molecule is CCCCCCCCC(C)c1ccc(Oc2ccc(F)cc2)c(C(=O)O)c1. The highest BCUT2D eigenvalue weighted by atomic mass is 19.1. The fourth-order valence-corrected chi connectivity index (χ4v) is 3.14. The highest BCUT2D eigenvalue weighted by molar-refractivity contribution is 5.91. The summed E-state index contributed by atoms with van der Waals surface area (Å²) in [6.45, 7) is 4.35. The Morgan fingerprint density at radius 1 is 1.04 bits per heavy atom. The third kappa shape index (κ3) is 6.70. The van der Waals surface area contributed by atoms with Crippen LogP contribution in [0.4, 0.5) is 4.39 Å². The number of unbranched alkanes of at least 4 members (excludes halogenated alkanes) is 5. The molecule has 2 aromatic carbocycles. The number of ether oxygens (including phenoxy) is 1. The number of hydrogen-bond donors (Lipinski definition) is 1. The molecule has 0 heterocycles. The molecule has 2 aromatic rings. The zero-order valence-corrected chi connectivity index (χ0v) is 16.2. The molecule has 0 saturated heterocycles. The van der Waals surface area contributed by atoms with Gasteiger partial charge >= 0.3 is 5.97 Å². The van der Waals surface area contributed by atoms with Crippen LogP contribution in [0.3, 0.4) is 0 Å². The molecule has 1 N–H and O–H groups in total. The summed E-state index contributed by atoms with van der Waals surface area (Å²) in [5.41, 5.74) is 1.14. The Bertz CT molecular complexity index is 725. The lowest BCUT2D eigenvalue weighted by Gasteiger charge is -2.15. The molecular weight excluding hydrogens is 343 g/mol. The standard InChI is InChI=1S/C23H29FO3/c1-3-4-5-6-7-8-9-17(2)18-10-15-22(21(16-18)23(25)26)27-20-13-11-19(24)12-14-20/h10-17H,3-9H2,1-2H3,(H,25,26). The van der Waals surface area contributed by atoms with Gasteiger partial charge in [-0.1, -0.05) is 58.4 Å². The summed E-state index contributed by atoms with van der Waals surface area (Å²) in [6, 6.07) is 10.8. The second kappa shape index (κ2) is 10.7. The van der Waals surface area contributed by atoms with Gasteiger partial charge in [0.25, 0.3) is 0 Å². The molecule has 0 aliphatic carbocycles. The van der Waals surface area contributed by atoms with Crippen LogP contribution in [0.25, 0.3) is 0 Å². The average Bonchev–Trinajstić information content (AvgIpc) is 2.66. The summed E-state index contributed by atoms with van der Waals surface area (Å²) in [7, 11) is 0. The Morgan fingerprint density at radius 2 is 1.70 bits per heavy atom. The Balaban J connectivity index is 2.01. The number of carboxylic acid groups (broad SMARTS) is 1. The Kier molecular flexibility index (Phi) is 8.31. The van der Waals surface area contributed by atoms with E-state index in [9.17, 15) is 14.3 Å². The van der Waals surface area contributed by atoms with Crippen LogP contribution in [0.2, 0.25) is 0 Å². The van der Waals surface area contributed by atoms with Crippen LogP contribution in [0.1, 0.15) is 80.6 Å². The molecule has 1 unspecified atom stereocenters. The van der Waals surface area contributed by atoms with Gasteiger partial charge in [-0.25, -0.2) is 9.18 Å². The van der Waals surface area contributed by atoms with E-state index in [2.05, 4.69) is 13.8 Å². The summed E-state index contributed by atoms with van der Waals surface area (Å²) in [4.78, 5) is 11.7. The fourth-order valence-electron chi connectivity index (χ4n) is 3.14. The number of carbonyl (C=O) groups is 1. The van der Waals surface area contributed by atoms with Crippen molar-refractivity contribution < 1.29 is 19.0 Å². The molecule has 0 aliphatic rings. The molecule has 146 valence electrons. The third-order valence-corrected chi connectivity index (χ3v) is 4.84. The number of rotatable bonds is 11. The lowest BCUT2D eigenvalue weighted by molar-refractivity contribution is 0.0694. The van der Waals surface area contributed by atoms with Crippen LogP contribution in [-0.2, 0) is 0 Å². The smallest absolute Gasteiger partial charge is 0.339 e. The minimum atomic E-state index is -1.03. The van der Waals surface area contributed by atoms with Crippen molar-refractivity contribution in [2.75, 3.05) is 0 Å². The topological polar surface area (TPSA) is 46.5 Å². The zero-order chi connectivity index (χ0) is 19.6. The van der Waals surface area contributed by atoms with Gasteiger partial charge in [0.15, 0.2) is 0 Å². The average molecular weight is 372 g/mol. The van der Waals surface area contributed by atoms with Gasteiger partial charge in [-0.15, -0.1) is 0 Å². The van der Waals surface area contributed by atoms with E-state index in [1.54, 1.807) is 12.1 Å². The monoisotopic (exact) mass is 372 g/mol. The van der Waals surface area contributed by atoms with Crippen LogP contribution in [-0.4, -0.2) is 11.1 Å². The van der Waals surface area contributed by atoms with Crippen LogP contribution in [0.5, 0.6) is 11.5 Å². The van der Waals surface area contributed by atoms with Gasteiger partial charge in [0.05, 0.1) is 0 Å². The van der Waals surface area contributed by atoms with E-state index in [1.165, 1.54) is 56.4 Å². The molecule has 0 radical (unpaired) electrons. The van der Waals surface area contributed by atoms with E-state index >= 15 is 0 Å². The van der Waals surface area contributed by atoms with Gasteiger partial charge in [0.2, 0.25) is 0 Å². The molecule has 0 aromatic heterocycles. The van der Waals surface area contributed by atoms with Crippen molar-refractivity contribution in [2.45, 2.75) is 64.7 Å². The van der Waals surface area contributed by atoms with Gasteiger partial charge in [0, 0.05) is 0 Å². The first-order valence-electron chi connectivity index (χ1n) is 9.82. The summed E-state index contributed by atoms with van der Waals surface area (Å²) >= 11 is 0. The highest BCUT2D eigenvalue weighted by Gasteiger charge is 2.16. The molecule has 0 saturated carbocycles. The predicted octanol–water partition coefficient (Wildman–Crippen LogP) is 7.17. The molecular formula is C23H29FO3. The number of carboxylic acids is 1. The lowest BCUT2D eigenvalue weighted by atomic mass is 9.93. The zero-order valence-electron chi connectivity index (χ0n) is 16.2. The van der Waals surface area contributed by atoms with Crippen molar-refractivity contribution in [3.8, 4) is 11.5 Å². The minimum Gasteiger partial charge on any atom is -0.478 e. The lowest BCUT2D eigenvalue weighted by Crippen LogP contribution is -2.03. The van der Waals surface area contributed by atoms with E-state index < -0.39 is 5.97 Å². The molecule has 0 bridgehead atoms. The summed E-state index contributed by atoms with van der Waals surface area (Å²) in [5.74, 6) is -0.411. The van der Waals surface area contributed by atoms with Crippen LogP contribution in [0, 0.1) is 5.82 Å². The third-order valence-electron chi connectivity index (χ3n) is 4.84. The van der Waals surface area contributed by atoms with Gasteiger partial charge in [-0.3, -0.25) is 0 Å². The number of benzene rings is 2. The maximum absolute atomic E-state index is 13.0. The minimum absolute atomic E-state index is 0.131. The van der Waals surface area contributed by atoms with Crippen molar-refractivity contribution in [1.29, 1.82) is 0 Å². The molecule has 0 fully saturated rings. The predicted molar refractivity (Wildman–Crippen MR) is 106 cm³/mol. The normalized spacial score (nSPS) is 12.0. The maximum atomic E-state index is 13.0. The van der Waals surface area contributed by atoms with Crippen LogP contribution < -0.4 is 4.74 Å². The first-order chi connectivity index (χ1) is 13.0. The Labute approximate surface area is 161 Å². The first kappa shape index (κ1) is 20.9. The van der Waals surface area contributed by atoms with Crippen LogP contribution in [0.15, 0.2) is 42.5 Å². The second-order valence-electron chi connectivity index (χ2n) is 7.07. The van der Waals surface area contributed by atoms with Crippen molar-refractivity contribution in [3.05, 3.63) is 59.4 Å².